The van der Waals surface area contributed by atoms with Crippen LogP contribution in [0.25, 0.3) is 0 Å². The maximum atomic E-state index is 14.1. The van der Waals surface area contributed by atoms with Gasteiger partial charge in [0.15, 0.2) is 0 Å². The third kappa shape index (κ3) is 8.24. The van der Waals surface area contributed by atoms with Gasteiger partial charge >= 0.3 is 0 Å². The molecule has 0 aliphatic heterocycles. The number of unbranched alkanes of at least 4 members (excludes halogenated alkanes) is 1. The van der Waals surface area contributed by atoms with E-state index in [-0.39, 0.29) is 17.3 Å². The van der Waals surface area contributed by atoms with E-state index >= 15 is 0 Å². The van der Waals surface area contributed by atoms with E-state index in [1.165, 1.54) is 17.0 Å². The lowest BCUT2D eigenvalue weighted by atomic mass is 10.1. The highest BCUT2D eigenvalue weighted by molar-refractivity contribution is 7.92. The number of benzene rings is 3. The van der Waals surface area contributed by atoms with Crippen molar-refractivity contribution in [1.29, 1.82) is 0 Å². The van der Waals surface area contributed by atoms with Crippen LogP contribution in [0.2, 0.25) is 10.0 Å². The first-order valence-corrected chi connectivity index (χ1v) is 15.9. The van der Waals surface area contributed by atoms with Crippen molar-refractivity contribution in [3.8, 4) is 0 Å². The van der Waals surface area contributed by atoms with Crippen LogP contribution >= 0.6 is 23.2 Å². The molecule has 1 N–H and O–H groups in total. The van der Waals surface area contributed by atoms with Gasteiger partial charge in [-0.25, -0.2) is 8.42 Å². The van der Waals surface area contributed by atoms with Crippen LogP contribution in [0.4, 0.5) is 5.69 Å². The Morgan fingerprint density at radius 3 is 2.27 bits per heavy atom. The number of nitrogens with one attached hydrogen (secondary N) is 1. The van der Waals surface area contributed by atoms with Crippen molar-refractivity contribution in [2.75, 3.05) is 17.4 Å². The second kappa shape index (κ2) is 14.7. The molecule has 220 valence electrons. The molecule has 0 fully saturated rings. The molecule has 0 aliphatic rings. The topological polar surface area (TPSA) is 86.8 Å². The maximum absolute atomic E-state index is 14.1. The van der Waals surface area contributed by atoms with E-state index in [0.717, 1.165) is 28.3 Å². The molecule has 41 heavy (non-hydrogen) atoms. The molecule has 3 rings (SSSR count). The number of hydrogen-bond donors (Lipinski definition) is 1. The first-order valence-electron chi connectivity index (χ1n) is 13.7. The second-order valence-corrected chi connectivity index (χ2v) is 12.6. The number of nitrogens with zero attached hydrogens (tertiary/aromatic N) is 2. The molecule has 3 aromatic carbocycles. The predicted molar refractivity (Wildman–Crippen MR) is 166 cm³/mol. The predicted octanol–water partition coefficient (Wildman–Crippen LogP) is 6.39. The minimum absolute atomic E-state index is 0.00889. The van der Waals surface area contributed by atoms with Gasteiger partial charge in [-0.15, -0.1) is 0 Å². The summed E-state index contributed by atoms with van der Waals surface area (Å²) in [5.41, 5.74) is 2.68. The van der Waals surface area contributed by atoms with Gasteiger partial charge in [0.25, 0.3) is 10.0 Å². The van der Waals surface area contributed by atoms with Crippen molar-refractivity contribution < 1.29 is 18.0 Å². The Balaban J connectivity index is 2.06. The van der Waals surface area contributed by atoms with Gasteiger partial charge in [-0.05, 0) is 68.1 Å². The molecule has 3 aromatic rings. The van der Waals surface area contributed by atoms with Gasteiger partial charge in [0.05, 0.1) is 10.6 Å². The minimum atomic E-state index is -4.14. The van der Waals surface area contributed by atoms with E-state index in [1.54, 1.807) is 49.4 Å². The fourth-order valence-electron chi connectivity index (χ4n) is 4.36. The monoisotopic (exact) mass is 617 g/mol. The molecule has 0 heterocycles. The largest absolute Gasteiger partial charge is 0.354 e. The number of para-hydroxylation sites is 1. The molecular formula is C31H37Cl2N3O4S. The quantitative estimate of drug-likeness (QED) is 0.225. The van der Waals surface area contributed by atoms with Gasteiger partial charge in [-0.1, -0.05) is 85.4 Å². The van der Waals surface area contributed by atoms with Crippen LogP contribution in [0, 0.1) is 6.92 Å². The molecule has 2 amide bonds. The summed E-state index contributed by atoms with van der Waals surface area (Å²) in [4.78, 5) is 28.6. The van der Waals surface area contributed by atoms with Gasteiger partial charge in [0.1, 0.15) is 12.6 Å². The normalized spacial score (nSPS) is 12.0. The zero-order valence-corrected chi connectivity index (χ0v) is 26.2. The van der Waals surface area contributed by atoms with Crippen LogP contribution < -0.4 is 9.62 Å². The fraction of sp³-hybridized carbons (Fsp3) is 0.355. The number of rotatable bonds is 13. The van der Waals surface area contributed by atoms with E-state index in [2.05, 4.69) is 5.32 Å². The summed E-state index contributed by atoms with van der Waals surface area (Å²) >= 11 is 12.5. The molecule has 0 aromatic heterocycles. The summed E-state index contributed by atoms with van der Waals surface area (Å²) in [5.74, 6) is -0.880. The number of anilines is 1. The summed E-state index contributed by atoms with van der Waals surface area (Å²) in [6.45, 7) is 7.40. The Bertz CT molecular complexity index is 1460. The zero-order valence-electron chi connectivity index (χ0n) is 23.9. The lowest BCUT2D eigenvalue weighted by Gasteiger charge is -2.32. The van der Waals surface area contributed by atoms with Crippen LogP contribution in [0.1, 0.15) is 50.3 Å². The Morgan fingerprint density at radius 1 is 0.951 bits per heavy atom. The lowest BCUT2D eigenvalue weighted by molar-refractivity contribution is -0.139. The summed E-state index contributed by atoms with van der Waals surface area (Å²) < 4.78 is 29.2. The molecule has 0 aliphatic carbocycles. The molecule has 10 heteroatoms. The van der Waals surface area contributed by atoms with Gasteiger partial charge in [0, 0.05) is 23.1 Å². The molecule has 0 unspecified atom stereocenters. The smallest absolute Gasteiger partial charge is 0.264 e. The SMILES string of the molecule is CCCCNC(=O)[C@H](C)N(Cc1ccc(Cl)cc1Cl)C(=O)CN(c1ccccc1CC)S(=O)(=O)c1ccc(C)cc1. The first-order chi connectivity index (χ1) is 19.5. The number of amides is 2. The van der Waals surface area contributed by atoms with Crippen LogP contribution in [0.3, 0.4) is 0 Å². The number of sulfonamides is 1. The van der Waals surface area contributed by atoms with Crippen molar-refractivity contribution in [3.63, 3.8) is 0 Å². The van der Waals surface area contributed by atoms with E-state index in [9.17, 15) is 18.0 Å². The number of aryl methyl sites for hydroxylation is 2. The average Bonchev–Trinajstić information content (AvgIpc) is 2.95. The summed E-state index contributed by atoms with van der Waals surface area (Å²) in [6, 6.07) is 17.6. The highest BCUT2D eigenvalue weighted by Crippen LogP contribution is 2.29. The Morgan fingerprint density at radius 2 is 1.63 bits per heavy atom. The highest BCUT2D eigenvalue weighted by Gasteiger charge is 2.33. The van der Waals surface area contributed by atoms with Crippen LogP contribution in [0.15, 0.2) is 71.6 Å². The minimum Gasteiger partial charge on any atom is -0.354 e. The lowest BCUT2D eigenvalue weighted by Crippen LogP contribution is -2.51. The molecule has 0 radical (unpaired) electrons. The van der Waals surface area contributed by atoms with Crippen LogP contribution in [0.5, 0.6) is 0 Å². The van der Waals surface area contributed by atoms with E-state index in [4.69, 9.17) is 23.2 Å². The summed E-state index contributed by atoms with van der Waals surface area (Å²) in [5, 5.41) is 3.65. The van der Waals surface area contributed by atoms with Gasteiger partial charge < -0.3 is 10.2 Å². The zero-order chi connectivity index (χ0) is 30.2. The molecule has 0 saturated heterocycles. The molecule has 0 bridgehead atoms. The van der Waals surface area contributed by atoms with Crippen molar-refractivity contribution in [3.05, 3.63) is 93.5 Å². The third-order valence-corrected chi connectivity index (χ3v) is 9.24. The van der Waals surface area contributed by atoms with Crippen molar-refractivity contribution in [2.24, 2.45) is 0 Å². The molecule has 0 spiro atoms. The average molecular weight is 619 g/mol. The molecular weight excluding hydrogens is 581 g/mol. The van der Waals surface area contributed by atoms with Crippen molar-refractivity contribution in [1.82, 2.24) is 10.2 Å². The number of hydrogen-bond acceptors (Lipinski definition) is 4. The van der Waals surface area contributed by atoms with Crippen LogP contribution in [-0.2, 0) is 32.6 Å². The molecule has 1 atom stereocenters. The standard InChI is InChI=1S/C31H37Cl2N3O4S/c1-5-7-18-34-31(38)23(4)35(20-25-14-15-26(32)19-28(25)33)30(37)21-36(29-11-9-8-10-24(29)6-2)41(39,40)27-16-12-22(3)13-17-27/h8-17,19,23H,5-7,18,20-21H2,1-4H3,(H,34,38)/t23-/m0/s1. The number of carbonyl (C=O) groups is 2. The Kier molecular flexibility index (Phi) is 11.6. The fourth-order valence-corrected chi connectivity index (χ4v) is 6.28. The maximum Gasteiger partial charge on any atom is 0.264 e. The summed E-state index contributed by atoms with van der Waals surface area (Å²) in [6.07, 6.45) is 2.26. The van der Waals surface area contributed by atoms with Crippen molar-refractivity contribution >= 4 is 50.7 Å². The van der Waals surface area contributed by atoms with Gasteiger partial charge in [-0.3, -0.25) is 13.9 Å². The Labute approximate surface area is 253 Å². The Hall–Kier alpha value is -3.07. The third-order valence-electron chi connectivity index (χ3n) is 6.88. The molecule has 7 nitrogen and oxygen atoms in total. The van der Waals surface area contributed by atoms with Crippen molar-refractivity contribution in [2.45, 2.75) is 64.4 Å². The number of halogens is 2. The van der Waals surface area contributed by atoms with Crippen LogP contribution in [-0.4, -0.2) is 44.3 Å². The van der Waals surface area contributed by atoms with E-state index < -0.39 is 28.5 Å². The second-order valence-electron chi connectivity index (χ2n) is 9.88. The van der Waals surface area contributed by atoms with E-state index in [1.807, 2.05) is 32.9 Å². The number of carbonyl (C=O) groups excluding carboxylic acids is 2. The van der Waals surface area contributed by atoms with E-state index in [0.29, 0.717) is 34.3 Å². The highest BCUT2D eigenvalue weighted by atomic mass is 35.5. The van der Waals surface area contributed by atoms with Gasteiger partial charge in [-0.2, -0.15) is 0 Å². The summed E-state index contributed by atoms with van der Waals surface area (Å²) in [7, 11) is -4.14. The first kappa shape index (κ1) is 32.4. The molecule has 0 saturated carbocycles. The van der Waals surface area contributed by atoms with Gasteiger partial charge in [0.2, 0.25) is 11.8 Å².